The van der Waals surface area contributed by atoms with Crippen LogP contribution < -0.4 is 19.5 Å². The fraction of sp³-hybridized carbons (Fsp3) is 0.400. The van der Waals surface area contributed by atoms with Crippen molar-refractivity contribution in [3.63, 3.8) is 0 Å². The molecule has 0 aromatic heterocycles. The average Bonchev–Trinajstić information content (AvgIpc) is 2.63. The van der Waals surface area contributed by atoms with Gasteiger partial charge in [0.1, 0.15) is 6.04 Å². The molecule has 1 heterocycles. The van der Waals surface area contributed by atoms with Crippen LogP contribution in [0.1, 0.15) is 36.6 Å². The van der Waals surface area contributed by atoms with E-state index in [1.165, 1.54) is 11.1 Å². The maximum absolute atomic E-state index is 9.87. The quantitative estimate of drug-likeness (QED) is 0.845. The first-order valence-corrected chi connectivity index (χ1v) is 8.80. The van der Waals surface area contributed by atoms with Gasteiger partial charge in [0.2, 0.25) is 0 Å². The van der Waals surface area contributed by atoms with Crippen molar-refractivity contribution in [3.05, 3.63) is 47.0 Å². The summed E-state index contributed by atoms with van der Waals surface area (Å²) in [4.78, 5) is 0. The summed E-state index contributed by atoms with van der Waals surface area (Å²) in [5.74, 6) is 2.25. The number of hydrogen-bond donors (Lipinski definition) is 2. The van der Waals surface area contributed by atoms with Gasteiger partial charge < -0.3 is 24.6 Å². The third-order valence-corrected chi connectivity index (χ3v) is 4.52. The fourth-order valence-corrected chi connectivity index (χ4v) is 3.40. The van der Waals surface area contributed by atoms with Crippen LogP contribution >= 0.6 is 0 Å². The molecule has 5 heteroatoms. The van der Waals surface area contributed by atoms with E-state index in [1.54, 1.807) is 13.2 Å². The second-order valence-corrected chi connectivity index (χ2v) is 6.05. The summed E-state index contributed by atoms with van der Waals surface area (Å²) >= 11 is 0. The van der Waals surface area contributed by atoms with Gasteiger partial charge in [-0.1, -0.05) is 0 Å². The van der Waals surface area contributed by atoms with E-state index in [9.17, 15) is 5.11 Å². The monoisotopic (exact) mass is 344 g/mol. The van der Waals surface area contributed by atoms with E-state index in [4.69, 9.17) is 14.2 Å². The fourth-order valence-electron chi connectivity index (χ4n) is 3.40. The maximum atomic E-state index is 9.87. The summed E-state index contributed by atoms with van der Waals surface area (Å²) in [6, 6.07) is 9.90. The van der Waals surface area contributed by atoms with E-state index >= 15 is 0 Å². The number of ether oxygens (including phenoxy) is 3. The minimum absolute atomic E-state index is 0.146. The Balaban J connectivity index is 2.04. The van der Waals surface area contributed by atoms with E-state index in [0.29, 0.717) is 19.0 Å². The third-order valence-electron chi connectivity index (χ3n) is 4.52. The van der Waals surface area contributed by atoms with Gasteiger partial charge in [-0.05, 0) is 49.7 Å². The molecule has 0 radical (unpaired) electrons. The first kappa shape index (κ1) is 17.4. The van der Waals surface area contributed by atoms with Crippen molar-refractivity contribution in [3.8, 4) is 23.0 Å². The number of quaternary nitrogens is 1. The molecular formula is C20H26NO4+. The first-order chi connectivity index (χ1) is 12.2. The largest absolute Gasteiger partial charge is 0.504 e. The second-order valence-electron chi connectivity index (χ2n) is 6.05. The van der Waals surface area contributed by atoms with E-state index in [1.807, 2.05) is 26.0 Å². The third kappa shape index (κ3) is 3.51. The highest BCUT2D eigenvalue weighted by Crippen LogP contribution is 2.37. The van der Waals surface area contributed by atoms with E-state index < -0.39 is 0 Å². The number of nitrogens with two attached hydrogens (primary N) is 1. The molecule has 2 aromatic rings. The van der Waals surface area contributed by atoms with Crippen molar-refractivity contribution >= 4 is 0 Å². The Morgan fingerprint density at radius 2 is 1.76 bits per heavy atom. The zero-order valence-corrected chi connectivity index (χ0v) is 15.0. The van der Waals surface area contributed by atoms with Crippen LogP contribution in [-0.4, -0.2) is 32.0 Å². The number of hydrogen-bond acceptors (Lipinski definition) is 4. The van der Waals surface area contributed by atoms with Crippen LogP contribution in [0.2, 0.25) is 0 Å². The minimum atomic E-state index is 0.146. The molecule has 0 bridgehead atoms. The summed E-state index contributed by atoms with van der Waals surface area (Å²) in [6.07, 6.45) is 0.994. The number of rotatable bonds is 6. The smallest absolute Gasteiger partial charge is 0.161 e. The molecule has 0 amide bonds. The maximum Gasteiger partial charge on any atom is 0.161 e. The minimum Gasteiger partial charge on any atom is -0.504 e. The lowest BCUT2D eigenvalue weighted by Gasteiger charge is -2.26. The Kier molecular flexibility index (Phi) is 5.34. The summed E-state index contributed by atoms with van der Waals surface area (Å²) in [5.41, 5.74) is 3.61. The molecule has 1 aliphatic heterocycles. The van der Waals surface area contributed by atoms with Crippen molar-refractivity contribution in [2.75, 3.05) is 26.9 Å². The van der Waals surface area contributed by atoms with Crippen molar-refractivity contribution in [1.29, 1.82) is 0 Å². The summed E-state index contributed by atoms with van der Waals surface area (Å²) in [5, 5.41) is 12.2. The Morgan fingerprint density at radius 3 is 2.44 bits per heavy atom. The first-order valence-electron chi connectivity index (χ1n) is 8.80. The van der Waals surface area contributed by atoms with E-state index in [-0.39, 0.29) is 11.8 Å². The molecule has 2 aromatic carbocycles. The molecule has 0 aliphatic carbocycles. The number of aromatic hydroxyl groups is 1. The predicted molar refractivity (Wildman–Crippen MR) is 95.8 cm³/mol. The number of benzene rings is 2. The highest BCUT2D eigenvalue weighted by molar-refractivity contribution is 5.52. The van der Waals surface area contributed by atoms with Gasteiger partial charge in [-0.3, -0.25) is 0 Å². The number of fused-ring (bicyclic) bond motifs is 1. The summed E-state index contributed by atoms with van der Waals surface area (Å²) in [6.45, 7) is 6.17. The van der Waals surface area contributed by atoms with Crippen molar-refractivity contribution < 1.29 is 24.6 Å². The molecule has 0 spiro atoms. The molecule has 1 unspecified atom stereocenters. The lowest BCUT2D eigenvalue weighted by molar-refractivity contribution is -0.690. The average molecular weight is 344 g/mol. The topological polar surface area (TPSA) is 64.5 Å². The van der Waals surface area contributed by atoms with Crippen LogP contribution in [0.5, 0.6) is 23.0 Å². The Bertz CT molecular complexity index is 745. The van der Waals surface area contributed by atoms with Crippen molar-refractivity contribution in [1.82, 2.24) is 0 Å². The molecule has 3 N–H and O–H groups in total. The SMILES string of the molecule is CCOc1cc2c(cc1OCC)C(c1ccc(O)c(OC)c1)[NH2+]CC2. The molecule has 0 saturated carbocycles. The Hall–Kier alpha value is -2.40. The lowest BCUT2D eigenvalue weighted by Crippen LogP contribution is -2.87. The van der Waals surface area contributed by atoms with Gasteiger partial charge in [-0.2, -0.15) is 0 Å². The van der Waals surface area contributed by atoms with E-state index in [0.717, 1.165) is 30.0 Å². The van der Waals surface area contributed by atoms with Gasteiger partial charge in [0, 0.05) is 17.5 Å². The molecule has 134 valence electrons. The van der Waals surface area contributed by atoms with Gasteiger partial charge in [0.15, 0.2) is 23.0 Å². The molecule has 25 heavy (non-hydrogen) atoms. The standard InChI is InChI=1S/C20H25NO4/c1-4-24-18-10-13-8-9-21-20(15(13)12-19(18)25-5-2)14-6-7-16(22)17(11-14)23-3/h6-7,10-12,20-22H,4-5,8-9H2,1-3H3/p+1. The highest BCUT2D eigenvalue weighted by atomic mass is 16.5. The van der Waals surface area contributed by atoms with Gasteiger partial charge in [-0.25, -0.2) is 0 Å². The molecular weight excluding hydrogens is 318 g/mol. The molecule has 0 saturated heterocycles. The second kappa shape index (κ2) is 7.66. The summed E-state index contributed by atoms with van der Waals surface area (Å²) in [7, 11) is 1.57. The normalized spacial score (nSPS) is 16.2. The number of phenols is 1. The van der Waals surface area contributed by atoms with Crippen LogP contribution in [0.25, 0.3) is 0 Å². The van der Waals surface area contributed by atoms with E-state index in [2.05, 4.69) is 17.4 Å². The molecule has 3 rings (SSSR count). The van der Waals surface area contributed by atoms with Crippen LogP contribution in [0.4, 0.5) is 0 Å². The van der Waals surface area contributed by atoms with Gasteiger partial charge in [-0.15, -0.1) is 0 Å². The number of methoxy groups -OCH3 is 1. The zero-order valence-electron chi connectivity index (χ0n) is 15.0. The summed E-state index contributed by atoms with van der Waals surface area (Å²) < 4.78 is 16.8. The van der Waals surface area contributed by atoms with Crippen LogP contribution in [0, 0.1) is 0 Å². The van der Waals surface area contributed by atoms with Crippen molar-refractivity contribution in [2.45, 2.75) is 26.3 Å². The Labute approximate surface area is 148 Å². The molecule has 0 fully saturated rings. The molecule has 1 aliphatic rings. The van der Waals surface area contributed by atoms with Crippen LogP contribution in [0.3, 0.4) is 0 Å². The number of phenolic OH excluding ortho intramolecular Hbond substituents is 1. The van der Waals surface area contributed by atoms with Crippen LogP contribution in [-0.2, 0) is 6.42 Å². The predicted octanol–water partition coefficient (Wildman–Crippen LogP) is 2.41. The van der Waals surface area contributed by atoms with Crippen LogP contribution in [0.15, 0.2) is 30.3 Å². The Morgan fingerprint density at radius 1 is 1.04 bits per heavy atom. The molecule has 5 nitrogen and oxygen atoms in total. The van der Waals surface area contributed by atoms with Crippen molar-refractivity contribution in [2.24, 2.45) is 0 Å². The zero-order chi connectivity index (χ0) is 17.8. The highest BCUT2D eigenvalue weighted by Gasteiger charge is 2.28. The van der Waals surface area contributed by atoms with Gasteiger partial charge in [0.05, 0.1) is 26.9 Å². The molecule has 1 atom stereocenters. The lowest BCUT2D eigenvalue weighted by atomic mass is 9.89. The van der Waals surface area contributed by atoms with Gasteiger partial charge in [0.25, 0.3) is 0 Å². The van der Waals surface area contributed by atoms with Gasteiger partial charge >= 0.3 is 0 Å².